The van der Waals surface area contributed by atoms with E-state index in [9.17, 15) is 18.7 Å². The van der Waals surface area contributed by atoms with Gasteiger partial charge in [0.15, 0.2) is 16.6 Å². The molecule has 196 valence electrons. The van der Waals surface area contributed by atoms with E-state index in [1.165, 1.54) is 11.3 Å². The first-order chi connectivity index (χ1) is 17.8. The summed E-state index contributed by atoms with van der Waals surface area (Å²) in [6, 6.07) is 7.73. The molecule has 2 unspecified atom stereocenters. The fraction of sp³-hybridized carbons (Fsp3) is 0.407. The lowest BCUT2D eigenvalue weighted by molar-refractivity contribution is -0.118. The van der Waals surface area contributed by atoms with Crippen LogP contribution in [-0.4, -0.2) is 35.4 Å². The van der Waals surface area contributed by atoms with Crippen molar-refractivity contribution in [2.24, 2.45) is 5.92 Å². The van der Waals surface area contributed by atoms with Gasteiger partial charge in [-0.15, -0.1) is 0 Å². The Morgan fingerprint density at radius 2 is 1.97 bits per heavy atom. The van der Waals surface area contributed by atoms with Crippen LogP contribution in [0, 0.1) is 17.6 Å². The second-order valence-electron chi connectivity index (χ2n) is 9.61. The molecule has 3 atom stereocenters. The Morgan fingerprint density at radius 1 is 1.19 bits per heavy atom. The Balaban J connectivity index is 1.39. The number of hydrogen-bond donors (Lipinski definition) is 3. The maximum atomic E-state index is 14.8. The van der Waals surface area contributed by atoms with Gasteiger partial charge in [0, 0.05) is 22.7 Å². The zero-order valence-electron chi connectivity index (χ0n) is 20.6. The molecule has 2 heterocycles. The van der Waals surface area contributed by atoms with Crippen molar-refractivity contribution in [1.29, 1.82) is 0 Å². The van der Waals surface area contributed by atoms with Crippen LogP contribution in [0.15, 0.2) is 42.6 Å². The molecule has 1 aromatic heterocycles. The second-order valence-corrected chi connectivity index (χ2v) is 10.7. The van der Waals surface area contributed by atoms with Gasteiger partial charge in [0.2, 0.25) is 12.7 Å². The van der Waals surface area contributed by atoms with Gasteiger partial charge in [-0.2, -0.15) is 0 Å². The zero-order valence-corrected chi connectivity index (χ0v) is 21.4. The summed E-state index contributed by atoms with van der Waals surface area (Å²) < 4.78 is 39.8. The Bertz CT molecular complexity index is 1300. The maximum absolute atomic E-state index is 14.8. The molecule has 10 heteroatoms. The van der Waals surface area contributed by atoms with Gasteiger partial charge in [-0.25, -0.2) is 13.8 Å². The molecule has 3 aromatic rings. The van der Waals surface area contributed by atoms with Crippen molar-refractivity contribution < 1.29 is 28.2 Å². The predicted octanol–water partition coefficient (Wildman–Crippen LogP) is 4.91. The summed E-state index contributed by atoms with van der Waals surface area (Å²) in [4.78, 5) is 18.3. The number of carbonyl (C=O) groups is 1. The third-order valence-electron chi connectivity index (χ3n) is 7.32. The molecule has 0 radical (unpaired) electrons. The van der Waals surface area contributed by atoms with Gasteiger partial charge in [-0.05, 0) is 54.7 Å². The standard InChI is InChI=1S/C27H29F2N3O4S/c1-3-15(2)20(13-33)31-24(18-11-17(28)5-6-19(18)29)23-12-30-26(37-23)32-25(34)27(8-9-27)16-4-7-21-22(10-16)36-14-35-21/h4-7,10-12,15,20,24,31,33H,3,8-9,13-14H2,1-2H3,(H,30,32,34)/t15?,20-,24?/m0/s1. The smallest absolute Gasteiger partial charge is 0.236 e. The van der Waals surface area contributed by atoms with Crippen molar-refractivity contribution in [2.75, 3.05) is 18.7 Å². The molecular weight excluding hydrogens is 500 g/mol. The maximum Gasteiger partial charge on any atom is 0.236 e. The molecule has 2 aromatic carbocycles. The minimum absolute atomic E-state index is 0.0904. The number of nitrogens with one attached hydrogen (secondary N) is 2. The van der Waals surface area contributed by atoms with E-state index in [1.54, 1.807) is 6.20 Å². The SMILES string of the molecule is CCC(C)[C@H](CO)NC(c1cnc(NC(=O)C2(c3ccc4c(c3)OCO4)CC2)s1)c1cc(F)ccc1F. The van der Waals surface area contributed by atoms with Crippen molar-refractivity contribution in [3.63, 3.8) is 0 Å². The summed E-state index contributed by atoms with van der Waals surface area (Å²) in [5, 5.41) is 16.5. The number of nitrogens with zero attached hydrogens (tertiary/aromatic N) is 1. The van der Waals surface area contributed by atoms with Gasteiger partial charge in [0.05, 0.1) is 18.1 Å². The third-order valence-corrected chi connectivity index (χ3v) is 8.29. The van der Waals surface area contributed by atoms with Crippen LogP contribution in [0.4, 0.5) is 13.9 Å². The van der Waals surface area contributed by atoms with Crippen LogP contribution in [0.2, 0.25) is 0 Å². The number of ether oxygens (including phenoxy) is 2. The summed E-state index contributed by atoms with van der Waals surface area (Å²) in [5.74, 6) is 0.0579. The first-order valence-electron chi connectivity index (χ1n) is 12.3. The Kier molecular flexibility index (Phi) is 7.15. The Morgan fingerprint density at radius 3 is 2.70 bits per heavy atom. The second kappa shape index (κ2) is 10.4. The number of aromatic nitrogens is 1. The highest BCUT2D eigenvalue weighted by atomic mass is 32.1. The minimum atomic E-state index is -0.756. The van der Waals surface area contributed by atoms with Crippen LogP contribution >= 0.6 is 11.3 Å². The molecule has 1 saturated carbocycles. The number of anilines is 1. The Labute approximate surface area is 217 Å². The van der Waals surface area contributed by atoms with Crippen molar-refractivity contribution >= 4 is 22.4 Å². The quantitative estimate of drug-likeness (QED) is 0.346. The number of amides is 1. The fourth-order valence-electron chi connectivity index (χ4n) is 4.62. The van der Waals surface area contributed by atoms with Crippen LogP contribution in [0.25, 0.3) is 0 Å². The molecular formula is C27H29F2N3O4S. The first kappa shape index (κ1) is 25.6. The predicted molar refractivity (Wildman–Crippen MR) is 136 cm³/mol. The van der Waals surface area contributed by atoms with Crippen molar-refractivity contribution in [1.82, 2.24) is 10.3 Å². The molecule has 0 saturated heterocycles. The summed E-state index contributed by atoms with van der Waals surface area (Å²) in [5.41, 5.74) is 0.298. The molecule has 1 amide bonds. The average Bonchev–Trinajstić information content (AvgIpc) is 3.36. The van der Waals surface area contributed by atoms with E-state index in [-0.39, 0.29) is 36.8 Å². The summed E-state index contributed by atoms with van der Waals surface area (Å²) in [6.45, 7) is 3.98. The highest BCUT2D eigenvalue weighted by Gasteiger charge is 2.52. The summed E-state index contributed by atoms with van der Waals surface area (Å²) >= 11 is 1.19. The van der Waals surface area contributed by atoms with Crippen LogP contribution < -0.4 is 20.1 Å². The zero-order chi connectivity index (χ0) is 26.2. The van der Waals surface area contributed by atoms with E-state index in [1.807, 2.05) is 32.0 Å². The van der Waals surface area contributed by atoms with Crippen LogP contribution in [0.3, 0.4) is 0 Å². The molecule has 1 fully saturated rings. The lowest BCUT2D eigenvalue weighted by Gasteiger charge is -2.28. The normalized spacial score (nSPS) is 17.8. The van der Waals surface area contributed by atoms with Crippen LogP contribution in [0.1, 0.15) is 55.2 Å². The lowest BCUT2D eigenvalue weighted by atomic mass is 9.94. The monoisotopic (exact) mass is 529 g/mol. The molecule has 1 aliphatic carbocycles. The summed E-state index contributed by atoms with van der Waals surface area (Å²) in [7, 11) is 0. The minimum Gasteiger partial charge on any atom is -0.454 e. The lowest BCUT2D eigenvalue weighted by Crippen LogP contribution is -2.40. The molecule has 2 aliphatic rings. The van der Waals surface area contributed by atoms with Crippen molar-refractivity contribution in [2.45, 2.75) is 50.6 Å². The van der Waals surface area contributed by atoms with E-state index >= 15 is 0 Å². The van der Waals surface area contributed by atoms with Gasteiger partial charge in [-0.3, -0.25) is 4.79 Å². The molecule has 1 aliphatic heterocycles. The number of halogens is 2. The van der Waals surface area contributed by atoms with E-state index in [0.717, 1.165) is 30.2 Å². The molecule has 7 nitrogen and oxygen atoms in total. The van der Waals surface area contributed by atoms with E-state index in [2.05, 4.69) is 15.6 Å². The largest absolute Gasteiger partial charge is 0.454 e. The van der Waals surface area contributed by atoms with Crippen LogP contribution in [0.5, 0.6) is 11.5 Å². The van der Waals surface area contributed by atoms with E-state index < -0.39 is 23.1 Å². The van der Waals surface area contributed by atoms with Gasteiger partial charge >= 0.3 is 0 Å². The average molecular weight is 530 g/mol. The highest BCUT2D eigenvalue weighted by Crippen LogP contribution is 2.51. The third kappa shape index (κ3) is 5.05. The number of aliphatic hydroxyl groups is 1. The van der Waals surface area contributed by atoms with Gasteiger partial charge < -0.3 is 25.2 Å². The number of fused-ring (bicyclic) bond motifs is 1. The summed E-state index contributed by atoms with van der Waals surface area (Å²) in [6.07, 6.45) is 3.74. The number of hydrogen-bond acceptors (Lipinski definition) is 7. The molecule has 0 spiro atoms. The first-order valence-corrected chi connectivity index (χ1v) is 13.2. The van der Waals surface area contributed by atoms with E-state index in [0.29, 0.717) is 34.3 Å². The van der Waals surface area contributed by atoms with Gasteiger partial charge in [0.25, 0.3) is 0 Å². The molecule has 5 rings (SSSR count). The van der Waals surface area contributed by atoms with Gasteiger partial charge in [-0.1, -0.05) is 37.7 Å². The molecule has 37 heavy (non-hydrogen) atoms. The van der Waals surface area contributed by atoms with Crippen molar-refractivity contribution in [3.8, 4) is 11.5 Å². The number of thiazole rings is 1. The highest BCUT2D eigenvalue weighted by molar-refractivity contribution is 7.15. The van der Waals surface area contributed by atoms with Gasteiger partial charge in [0.1, 0.15) is 11.6 Å². The van der Waals surface area contributed by atoms with Crippen molar-refractivity contribution in [3.05, 3.63) is 70.2 Å². The topological polar surface area (TPSA) is 92.7 Å². The number of aliphatic hydroxyl groups excluding tert-OH is 1. The number of benzene rings is 2. The fourth-order valence-corrected chi connectivity index (χ4v) is 5.51. The Hall–Kier alpha value is -3.08. The van der Waals surface area contributed by atoms with E-state index in [4.69, 9.17) is 9.47 Å². The number of carbonyl (C=O) groups excluding carboxylic acids is 1. The van der Waals surface area contributed by atoms with Crippen LogP contribution in [-0.2, 0) is 10.2 Å². The number of rotatable bonds is 10. The molecule has 0 bridgehead atoms. The molecule has 3 N–H and O–H groups in total.